The van der Waals surface area contributed by atoms with E-state index in [1.807, 2.05) is 24.5 Å². The van der Waals surface area contributed by atoms with Crippen LogP contribution in [0.1, 0.15) is 24.1 Å². The minimum atomic E-state index is -3.54. The van der Waals surface area contributed by atoms with E-state index in [4.69, 9.17) is 4.74 Å². The second-order valence-electron chi connectivity index (χ2n) is 6.10. The summed E-state index contributed by atoms with van der Waals surface area (Å²) >= 11 is 0. The zero-order chi connectivity index (χ0) is 17.3. The highest BCUT2D eigenvalue weighted by molar-refractivity contribution is 7.89. The molecule has 3 rings (SSSR count). The number of sulfonamides is 1. The molecule has 0 saturated heterocycles. The van der Waals surface area contributed by atoms with Gasteiger partial charge in [0, 0.05) is 32.7 Å². The summed E-state index contributed by atoms with van der Waals surface area (Å²) in [6.45, 7) is 5.08. The van der Waals surface area contributed by atoms with Crippen molar-refractivity contribution in [3.8, 4) is 0 Å². The largest absolute Gasteiger partial charge is 0.377 e. The zero-order valence-corrected chi connectivity index (χ0v) is 15.0. The van der Waals surface area contributed by atoms with Crippen molar-refractivity contribution < 1.29 is 13.2 Å². The number of fused-ring (bicyclic) bond motifs is 1. The third-order valence-electron chi connectivity index (χ3n) is 4.29. The second kappa shape index (κ2) is 6.62. The molecule has 8 heteroatoms. The molecule has 0 spiro atoms. The maximum atomic E-state index is 13.0. The average Bonchev–Trinajstić information content (AvgIpc) is 2.81. The molecule has 0 N–H and O–H groups in total. The standard InChI is InChI=1S/C16H22N4O3S/c1-12-5-4-6-14(9-12)24(21,22)20-8-7-19-15(10-13(20)2)17-18-16(19)11-23-3/h4-6,9,13H,7-8,10-11H2,1-3H3/t13-/m1/s1. The molecule has 0 radical (unpaired) electrons. The molecule has 0 unspecified atom stereocenters. The van der Waals surface area contributed by atoms with Crippen LogP contribution < -0.4 is 0 Å². The summed E-state index contributed by atoms with van der Waals surface area (Å²) in [6.07, 6.45) is 0.530. The third kappa shape index (κ3) is 3.09. The fourth-order valence-corrected chi connectivity index (χ4v) is 4.80. The maximum Gasteiger partial charge on any atom is 0.243 e. The summed E-state index contributed by atoms with van der Waals surface area (Å²) in [5, 5.41) is 8.34. The minimum Gasteiger partial charge on any atom is -0.377 e. The molecule has 0 fully saturated rings. The van der Waals surface area contributed by atoms with Crippen molar-refractivity contribution in [2.75, 3.05) is 13.7 Å². The van der Waals surface area contributed by atoms with E-state index in [0.717, 1.165) is 17.2 Å². The van der Waals surface area contributed by atoms with Gasteiger partial charge in [0.15, 0.2) is 5.82 Å². The van der Waals surface area contributed by atoms with Crippen LogP contribution in [-0.2, 0) is 34.3 Å². The van der Waals surface area contributed by atoms with E-state index in [9.17, 15) is 8.42 Å². The number of ether oxygens (including phenoxy) is 1. The van der Waals surface area contributed by atoms with Crippen molar-refractivity contribution in [2.45, 2.75) is 44.4 Å². The Hall–Kier alpha value is -1.77. The van der Waals surface area contributed by atoms with Gasteiger partial charge in [-0.15, -0.1) is 10.2 Å². The smallest absolute Gasteiger partial charge is 0.243 e. The molecule has 1 aliphatic rings. The summed E-state index contributed by atoms with van der Waals surface area (Å²) < 4.78 is 34.8. The lowest BCUT2D eigenvalue weighted by atomic mass is 10.2. The van der Waals surface area contributed by atoms with Crippen molar-refractivity contribution in [1.82, 2.24) is 19.1 Å². The first-order valence-corrected chi connectivity index (χ1v) is 9.36. The molecule has 1 aromatic heterocycles. The van der Waals surface area contributed by atoms with Crippen molar-refractivity contribution in [2.24, 2.45) is 0 Å². The van der Waals surface area contributed by atoms with Gasteiger partial charge in [-0.2, -0.15) is 4.31 Å². The second-order valence-corrected chi connectivity index (χ2v) is 7.99. The van der Waals surface area contributed by atoms with Crippen molar-refractivity contribution in [3.63, 3.8) is 0 Å². The Bertz CT molecular complexity index is 832. The number of nitrogens with zero attached hydrogens (tertiary/aromatic N) is 4. The molecule has 1 aromatic carbocycles. The molecule has 24 heavy (non-hydrogen) atoms. The third-order valence-corrected chi connectivity index (χ3v) is 6.30. The molecular formula is C16H22N4O3S. The molecule has 0 aliphatic carbocycles. The van der Waals surface area contributed by atoms with Gasteiger partial charge in [0.1, 0.15) is 12.4 Å². The Kier molecular flexibility index (Phi) is 4.71. The number of hydrogen-bond donors (Lipinski definition) is 0. The van der Waals surface area contributed by atoms with E-state index >= 15 is 0 Å². The Balaban J connectivity index is 1.91. The van der Waals surface area contributed by atoms with Gasteiger partial charge in [-0.3, -0.25) is 0 Å². The Morgan fingerprint density at radius 2 is 2.08 bits per heavy atom. The summed E-state index contributed by atoms with van der Waals surface area (Å²) in [6, 6.07) is 6.84. The molecule has 0 amide bonds. The molecule has 2 heterocycles. The van der Waals surface area contributed by atoms with E-state index in [-0.39, 0.29) is 6.04 Å². The van der Waals surface area contributed by atoms with E-state index in [2.05, 4.69) is 10.2 Å². The van der Waals surface area contributed by atoms with Crippen molar-refractivity contribution in [1.29, 1.82) is 0 Å². The minimum absolute atomic E-state index is 0.184. The zero-order valence-electron chi connectivity index (χ0n) is 14.1. The van der Waals surface area contributed by atoms with Crippen LogP contribution in [0, 0.1) is 6.92 Å². The Morgan fingerprint density at radius 1 is 1.29 bits per heavy atom. The van der Waals surface area contributed by atoms with Crippen LogP contribution in [0.5, 0.6) is 0 Å². The maximum absolute atomic E-state index is 13.0. The van der Waals surface area contributed by atoms with Gasteiger partial charge < -0.3 is 9.30 Å². The molecule has 2 aromatic rings. The van der Waals surface area contributed by atoms with Crippen LogP contribution in [-0.4, -0.2) is 47.2 Å². The predicted octanol–water partition coefficient (Wildman–Crippen LogP) is 1.37. The van der Waals surface area contributed by atoms with Crippen molar-refractivity contribution >= 4 is 10.0 Å². The van der Waals surface area contributed by atoms with Crippen LogP contribution in [0.4, 0.5) is 0 Å². The van der Waals surface area contributed by atoms with E-state index < -0.39 is 10.0 Å². The van der Waals surface area contributed by atoms with E-state index in [1.54, 1.807) is 29.6 Å². The van der Waals surface area contributed by atoms with E-state index in [0.29, 0.717) is 31.0 Å². The molecule has 0 bridgehead atoms. The monoisotopic (exact) mass is 350 g/mol. The molecule has 130 valence electrons. The first-order valence-electron chi connectivity index (χ1n) is 7.92. The Labute approximate surface area is 142 Å². The van der Waals surface area contributed by atoms with Crippen LogP contribution >= 0.6 is 0 Å². The first kappa shape index (κ1) is 17.1. The normalized spacial score (nSPS) is 19.0. The molecule has 1 atom stereocenters. The highest BCUT2D eigenvalue weighted by atomic mass is 32.2. The van der Waals surface area contributed by atoms with E-state index in [1.165, 1.54) is 0 Å². The van der Waals surface area contributed by atoms with Gasteiger partial charge in [-0.1, -0.05) is 12.1 Å². The Morgan fingerprint density at radius 3 is 2.79 bits per heavy atom. The number of aryl methyl sites for hydroxylation is 1. The van der Waals surface area contributed by atoms with Gasteiger partial charge in [-0.25, -0.2) is 8.42 Å². The number of benzene rings is 1. The molecule has 1 aliphatic heterocycles. The highest BCUT2D eigenvalue weighted by Crippen LogP contribution is 2.23. The van der Waals surface area contributed by atoms with Gasteiger partial charge in [-0.05, 0) is 31.5 Å². The first-order chi connectivity index (χ1) is 11.4. The lowest BCUT2D eigenvalue weighted by Crippen LogP contribution is -2.40. The number of methoxy groups -OCH3 is 1. The topological polar surface area (TPSA) is 77.3 Å². The molecular weight excluding hydrogens is 328 g/mol. The average molecular weight is 350 g/mol. The lowest BCUT2D eigenvalue weighted by molar-refractivity contribution is 0.173. The summed E-state index contributed by atoms with van der Waals surface area (Å²) in [5.41, 5.74) is 0.929. The van der Waals surface area contributed by atoms with Gasteiger partial charge >= 0.3 is 0 Å². The van der Waals surface area contributed by atoms with Crippen LogP contribution in [0.3, 0.4) is 0 Å². The van der Waals surface area contributed by atoms with Crippen molar-refractivity contribution in [3.05, 3.63) is 41.5 Å². The van der Waals surface area contributed by atoms with Gasteiger partial charge in [0.2, 0.25) is 10.0 Å². The van der Waals surface area contributed by atoms with Crippen LogP contribution in [0.15, 0.2) is 29.2 Å². The van der Waals surface area contributed by atoms with Gasteiger partial charge in [0.05, 0.1) is 4.90 Å². The SMILES string of the molecule is COCc1nnc2n1CCN(S(=O)(=O)c1cccc(C)c1)[C@H](C)C2. The fourth-order valence-electron chi connectivity index (χ4n) is 3.07. The highest BCUT2D eigenvalue weighted by Gasteiger charge is 2.33. The summed E-state index contributed by atoms with van der Waals surface area (Å²) in [5.74, 6) is 1.53. The van der Waals surface area contributed by atoms with Gasteiger partial charge in [0.25, 0.3) is 0 Å². The van der Waals surface area contributed by atoms with Crippen LogP contribution in [0.2, 0.25) is 0 Å². The summed E-state index contributed by atoms with van der Waals surface area (Å²) in [4.78, 5) is 0.337. The molecule has 0 saturated carbocycles. The number of hydrogen-bond acceptors (Lipinski definition) is 5. The predicted molar refractivity (Wildman–Crippen MR) is 89.0 cm³/mol. The fraction of sp³-hybridized carbons (Fsp3) is 0.500. The number of rotatable bonds is 4. The molecule has 7 nitrogen and oxygen atoms in total. The summed E-state index contributed by atoms with van der Waals surface area (Å²) in [7, 11) is -1.93. The van der Waals surface area contributed by atoms with Crippen LogP contribution in [0.25, 0.3) is 0 Å². The quantitative estimate of drug-likeness (QED) is 0.832. The lowest BCUT2D eigenvalue weighted by Gasteiger charge is -2.26. The number of aromatic nitrogens is 3.